The Morgan fingerprint density at radius 2 is 1.86 bits per heavy atom. The van der Waals surface area contributed by atoms with Crippen molar-refractivity contribution < 1.29 is 4.79 Å². The van der Waals surface area contributed by atoms with Crippen LogP contribution in [0.5, 0.6) is 0 Å². The van der Waals surface area contributed by atoms with E-state index in [1.165, 1.54) is 5.56 Å². The topological polar surface area (TPSA) is 17.1 Å². The zero-order chi connectivity index (χ0) is 10.6. The molecule has 1 rings (SSSR count). The van der Waals surface area contributed by atoms with Crippen LogP contribution in [0.3, 0.4) is 0 Å². The monoisotopic (exact) mass is 189 g/mol. The number of rotatable bonds is 4. The molecule has 1 aromatic rings. The molecule has 0 unspecified atom stereocenters. The predicted octanol–water partition coefficient (Wildman–Crippen LogP) is 3.15. The first-order valence-corrected chi connectivity index (χ1v) is 4.93. The number of Topliss-reactive ketones (excluding diaryl/α,β-unsaturated/α-hetero) is 1. The molecule has 1 aromatic carbocycles. The van der Waals surface area contributed by atoms with E-state index in [0.29, 0.717) is 6.42 Å². The summed E-state index contributed by atoms with van der Waals surface area (Å²) >= 11 is 0. The van der Waals surface area contributed by atoms with Crippen LogP contribution >= 0.6 is 0 Å². The van der Waals surface area contributed by atoms with Crippen molar-refractivity contribution in [3.63, 3.8) is 0 Å². The van der Waals surface area contributed by atoms with Crippen LogP contribution in [0.1, 0.15) is 32.3 Å². The minimum atomic E-state index is 0.0222. The molecule has 14 heavy (non-hydrogen) atoms. The van der Waals surface area contributed by atoms with E-state index >= 15 is 0 Å². The second kappa shape index (κ2) is 4.41. The molecule has 1 heteroatoms. The molecule has 0 aliphatic heterocycles. The van der Waals surface area contributed by atoms with Crippen LogP contribution in [0.2, 0.25) is 0 Å². The summed E-state index contributed by atoms with van der Waals surface area (Å²) in [4.78, 5) is 10.8. The van der Waals surface area contributed by atoms with Gasteiger partial charge in [0, 0.05) is 13.3 Å². The molecule has 0 amide bonds. The Balaban J connectivity index is 2.70. The van der Waals surface area contributed by atoms with E-state index in [4.69, 9.17) is 0 Å². The molecule has 0 heterocycles. The average molecular weight is 189 g/mol. The maximum Gasteiger partial charge on any atom is 0.133 e. The van der Waals surface area contributed by atoms with Gasteiger partial charge in [0.1, 0.15) is 5.78 Å². The molecule has 0 aromatic heterocycles. The molecule has 0 saturated carbocycles. The van der Waals surface area contributed by atoms with Gasteiger partial charge in [-0.15, -0.1) is 0 Å². The van der Waals surface area contributed by atoms with Crippen molar-refractivity contribution in [1.29, 1.82) is 0 Å². The van der Waals surface area contributed by atoms with Gasteiger partial charge >= 0.3 is 0 Å². The van der Waals surface area contributed by atoms with Crippen LogP contribution in [-0.4, -0.2) is 5.78 Å². The molecule has 0 N–H and O–H groups in total. The van der Waals surface area contributed by atoms with Gasteiger partial charge in [-0.2, -0.15) is 0 Å². The predicted molar refractivity (Wildman–Crippen MR) is 59.1 cm³/mol. The average Bonchev–Trinajstić information content (AvgIpc) is 2.16. The minimum absolute atomic E-state index is 0.0222. The molecule has 0 saturated heterocycles. The highest BCUT2D eigenvalue weighted by Crippen LogP contribution is 2.27. The summed E-state index contributed by atoms with van der Waals surface area (Å²) in [5, 5.41) is 0. The third kappa shape index (κ3) is 2.99. The van der Waals surface area contributed by atoms with Crippen molar-refractivity contribution in [2.75, 3.05) is 0 Å². The van der Waals surface area contributed by atoms with Crippen LogP contribution in [0.4, 0.5) is 0 Å². The fraction of sp³-hybridized carbons (Fsp3) is 0.385. The van der Waals surface area contributed by atoms with Crippen molar-refractivity contribution >= 4 is 5.78 Å². The lowest BCUT2D eigenvalue weighted by Gasteiger charge is -2.24. The van der Waals surface area contributed by atoms with Gasteiger partial charge in [0.15, 0.2) is 0 Å². The van der Waals surface area contributed by atoms with Crippen molar-refractivity contribution in [2.24, 2.45) is 0 Å². The molecule has 0 bridgehead atoms. The maximum atomic E-state index is 10.8. The first-order valence-electron chi connectivity index (χ1n) is 4.93. The van der Waals surface area contributed by atoms with Gasteiger partial charge in [0.25, 0.3) is 0 Å². The van der Waals surface area contributed by atoms with Gasteiger partial charge in [-0.1, -0.05) is 44.2 Å². The van der Waals surface area contributed by atoms with E-state index in [1.54, 1.807) is 0 Å². The lowest BCUT2D eigenvalue weighted by atomic mass is 9.80. The van der Waals surface area contributed by atoms with E-state index in [0.717, 1.165) is 6.42 Å². The lowest BCUT2D eigenvalue weighted by molar-refractivity contribution is -0.115. The number of benzene rings is 1. The van der Waals surface area contributed by atoms with Crippen molar-refractivity contribution in [3.8, 4) is 0 Å². The van der Waals surface area contributed by atoms with E-state index in [1.807, 2.05) is 18.2 Å². The maximum absolute atomic E-state index is 10.8. The Labute approximate surface area is 86.1 Å². The molecular weight excluding hydrogens is 172 g/mol. The zero-order valence-electron chi connectivity index (χ0n) is 8.92. The molecular formula is C13H17O. The van der Waals surface area contributed by atoms with Gasteiger partial charge in [0.05, 0.1) is 0 Å². The second-order valence-corrected chi connectivity index (χ2v) is 4.29. The Morgan fingerprint density at radius 1 is 1.29 bits per heavy atom. The Morgan fingerprint density at radius 3 is 2.36 bits per heavy atom. The highest BCUT2D eigenvalue weighted by atomic mass is 16.1. The summed E-state index contributed by atoms with van der Waals surface area (Å²) in [6.45, 7) is 7.71. The van der Waals surface area contributed by atoms with Crippen molar-refractivity contribution in [3.05, 3.63) is 42.8 Å². The Bertz CT molecular complexity index is 298. The molecule has 0 atom stereocenters. The van der Waals surface area contributed by atoms with Crippen LogP contribution in [-0.2, 0) is 10.2 Å². The highest BCUT2D eigenvalue weighted by molar-refractivity contribution is 5.82. The summed E-state index contributed by atoms with van der Waals surface area (Å²) in [5.74, 6) is 0.0222. The van der Waals surface area contributed by atoms with Gasteiger partial charge in [-0.3, -0.25) is 4.79 Å². The fourth-order valence-corrected chi connectivity index (χ4v) is 1.49. The molecule has 1 nitrogen and oxygen atoms in total. The Kier molecular flexibility index (Phi) is 3.45. The van der Waals surface area contributed by atoms with E-state index in [9.17, 15) is 4.79 Å². The van der Waals surface area contributed by atoms with E-state index in [2.05, 4.69) is 32.9 Å². The van der Waals surface area contributed by atoms with Gasteiger partial charge < -0.3 is 0 Å². The summed E-state index contributed by atoms with van der Waals surface area (Å²) in [6.07, 6.45) is 1.42. The molecule has 1 radical (unpaired) electrons. The van der Waals surface area contributed by atoms with Crippen LogP contribution in [0.15, 0.2) is 30.3 Å². The minimum Gasteiger partial charge on any atom is -0.300 e. The van der Waals surface area contributed by atoms with E-state index < -0.39 is 0 Å². The molecule has 0 aliphatic rings. The van der Waals surface area contributed by atoms with Gasteiger partial charge in [0.2, 0.25) is 0 Å². The lowest BCUT2D eigenvalue weighted by Crippen LogP contribution is -2.18. The Hall–Kier alpha value is -1.11. The summed E-state index contributed by atoms with van der Waals surface area (Å²) < 4.78 is 0. The zero-order valence-corrected chi connectivity index (χ0v) is 8.92. The SMILES string of the molecule is [CH2]C(=O)CCC(C)(C)c1ccccc1. The number of hydrogen-bond acceptors (Lipinski definition) is 1. The first kappa shape index (κ1) is 11.0. The van der Waals surface area contributed by atoms with Crippen LogP contribution in [0, 0.1) is 6.92 Å². The first-order chi connectivity index (χ1) is 6.52. The van der Waals surface area contributed by atoms with Gasteiger partial charge in [-0.25, -0.2) is 0 Å². The second-order valence-electron chi connectivity index (χ2n) is 4.29. The normalized spacial score (nSPS) is 11.4. The van der Waals surface area contributed by atoms with Crippen LogP contribution < -0.4 is 0 Å². The number of hydrogen-bond donors (Lipinski definition) is 0. The third-order valence-electron chi connectivity index (χ3n) is 2.58. The third-order valence-corrected chi connectivity index (χ3v) is 2.58. The van der Waals surface area contributed by atoms with Crippen LogP contribution in [0.25, 0.3) is 0 Å². The summed E-state index contributed by atoms with van der Waals surface area (Å²) in [6, 6.07) is 10.3. The molecule has 0 spiro atoms. The van der Waals surface area contributed by atoms with E-state index in [-0.39, 0.29) is 11.2 Å². The summed E-state index contributed by atoms with van der Waals surface area (Å²) in [7, 11) is 0. The quantitative estimate of drug-likeness (QED) is 0.711. The van der Waals surface area contributed by atoms with Crippen molar-refractivity contribution in [1.82, 2.24) is 0 Å². The van der Waals surface area contributed by atoms with Crippen molar-refractivity contribution in [2.45, 2.75) is 32.1 Å². The number of ketones is 1. The largest absolute Gasteiger partial charge is 0.300 e. The highest BCUT2D eigenvalue weighted by Gasteiger charge is 2.20. The number of carbonyl (C=O) groups is 1. The summed E-state index contributed by atoms with van der Waals surface area (Å²) in [5.41, 5.74) is 1.34. The standard InChI is InChI=1S/C13H17O/c1-11(14)9-10-13(2,3)12-7-5-4-6-8-12/h4-8H,1,9-10H2,2-3H3. The molecule has 0 fully saturated rings. The molecule has 75 valence electrons. The smallest absolute Gasteiger partial charge is 0.133 e. The number of carbonyl (C=O) groups excluding carboxylic acids is 1. The van der Waals surface area contributed by atoms with Gasteiger partial charge in [-0.05, 0) is 17.4 Å². The fourth-order valence-electron chi connectivity index (χ4n) is 1.49. The molecule has 0 aliphatic carbocycles.